The van der Waals surface area contributed by atoms with Crippen LogP contribution in [-0.2, 0) is 0 Å². The normalized spacial score (nSPS) is 14.0. The van der Waals surface area contributed by atoms with Crippen LogP contribution in [-0.4, -0.2) is 6.04 Å². The van der Waals surface area contributed by atoms with Crippen LogP contribution in [0.25, 0.3) is 4.85 Å². The highest BCUT2D eigenvalue weighted by molar-refractivity contribution is 4.97. The number of nitrogens with zero attached hydrogens (tertiary/aromatic N) is 2. The van der Waals surface area contributed by atoms with E-state index in [1.807, 2.05) is 6.07 Å². The molecule has 0 amide bonds. The van der Waals surface area contributed by atoms with Gasteiger partial charge in [0.25, 0.3) is 0 Å². The summed E-state index contributed by atoms with van der Waals surface area (Å²) in [6.45, 7) is 12.7. The van der Waals surface area contributed by atoms with Gasteiger partial charge in [-0.25, -0.2) is 11.8 Å². The summed E-state index contributed by atoms with van der Waals surface area (Å²) in [7, 11) is 0. The largest absolute Gasteiger partial charge is 0.343 e. The molecule has 66 valence electrons. The van der Waals surface area contributed by atoms with Crippen molar-refractivity contribution in [2.45, 2.75) is 32.2 Å². The van der Waals surface area contributed by atoms with Gasteiger partial charge < -0.3 is 11.8 Å². The lowest BCUT2D eigenvalue weighted by molar-refractivity contribution is 0.497. The van der Waals surface area contributed by atoms with E-state index in [0.29, 0.717) is 12.3 Å². The molecular weight excluding hydrogens is 148 g/mol. The Kier molecular flexibility index (Phi) is 5.93. The van der Waals surface area contributed by atoms with Gasteiger partial charge in [0.1, 0.15) is 0 Å². The van der Waals surface area contributed by atoms with Crippen LogP contribution in [0.2, 0.25) is 0 Å². The molecule has 0 aromatic rings. The Morgan fingerprint density at radius 2 is 2.42 bits per heavy atom. The lowest BCUT2D eigenvalue weighted by Crippen LogP contribution is -2.07. The molecule has 0 aliphatic rings. The summed E-state index contributed by atoms with van der Waals surface area (Å²) in [5, 5.41) is 8.28. The van der Waals surface area contributed by atoms with Crippen molar-refractivity contribution in [2.75, 3.05) is 0 Å². The molecule has 0 N–H and O–H groups in total. The summed E-state index contributed by atoms with van der Waals surface area (Å²) >= 11 is 0. The maximum absolute atomic E-state index is 8.28. The van der Waals surface area contributed by atoms with E-state index >= 15 is 0 Å². The summed E-state index contributed by atoms with van der Waals surface area (Å²) in [6.07, 6.45) is 3.80. The van der Waals surface area contributed by atoms with Crippen molar-refractivity contribution in [3.63, 3.8) is 0 Å². The van der Waals surface area contributed by atoms with E-state index in [1.165, 1.54) is 6.42 Å². The van der Waals surface area contributed by atoms with Gasteiger partial charge in [0, 0.05) is 6.42 Å². The van der Waals surface area contributed by atoms with Crippen molar-refractivity contribution < 1.29 is 0 Å². The fourth-order valence-corrected chi connectivity index (χ4v) is 0.973. The van der Waals surface area contributed by atoms with Gasteiger partial charge in [0.15, 0.2) is 6.04 Å². The Bertz CT molecular complexity index is 185. The molecule has 0 spiro atoms. The second kappa shape index (κ2) is 6.55. The molecule has 0 heterocycles. The number of hydrogen-bond acceptors (Lipinski definition) is 1. The van der Waals surface area contributed by atoms with Crippen LogP contribution in [0.3, 0.4) is 0 Å². The minimum Gasteiger partial charge on any atom is -0.343 e. The molecule has 0 aromatic carbocycles. The summed E-state index contributed by atoms with van der Waals surface area (Å²) < 4.78 is 0. The number of hydrogen-bond donors (Lipinski definition) is 0. The first-order chi connectivity index (χ1) is 5.74. The van der Waals surface area contributed by atoms with Crippen LogP contribution in [0.15, 0.2) is 0 Å². The van der Waals surface area contributed by atoms with E-state index in [9.17, 15) is 0 Å². The smallest absolute Gasteiger partial charge is 0.200 e. The summed E-state index contributed by atoms with van der Waals surface area (Å²) in [5.74, 6) is 0.483. The molecule has 0 bridgehead atoms. The van der Waals surface area contributed by atoms with Gasteiger partial charge in [-0.05, 0) is 0 Å². The summed E-state index contributed by atoms with van der Waals surface area (Å²) in [6, 6.07) is 1.91. The molecule has 0 saturated heterocycles. The molecule has 1 unspecified atom stereocenters. The van der Waals surface area contributed by atoms with Gasteiger partial charge in [0.05, 0.1) is 0 Å². The molecule has 12 heavy (non-hydrogen) atoms. The zero-order valence-electron chi connectivity index (χ0n) is 7.45. The molecule has 2 atom stereocenters. The first kappa shape index (κ1) is 10.8. The molecule has 0 aromatic heterocycles. The Hall–Kier alpha value is -1.15. The molecule has 0 radical (unpaired) electrons. The predicted octanol–water partition coefficient (Wildman–Crippen LogP) is 2.64. The van der Waals surface area contributed by atoms with E-state index in [4.69, 9.17) is 11.8 Å². The lowest BCUT2D eigenvalue weighted by atomic mass is 9.97. The SMILES string of the molecule is [C-]#[N+][C@@H](C[CH-]C#N)CC(C)C[CH2-]. The molecule has 2 heteroatoms. The van der Waals surface area contributed by atoms with Gasteiger partial charge in [0.2, 0.25) is 0 Å². The maximum atomic E-state index is 8.28. The predicted molar refractivity (Wildman–Crippen MR) is 48.7 cm³/mol. The van der Waals surface area contributed by atoms with Crippen molar-refractivity contribution in [1.82, 2.24) is 0 Å². The van der Waals surface area contributed by atoms with E-state index in [0.717, 1.165) is 12.8 Å². The van der Waals surface area contributed by atoms with Crippen molar-refractivity contribution in [3.8, 4) is 6.07 Å². The second-order valence-corrected chi connectivity index (χ2v) is 2.98. The topological polar surface area (TPSA) is 28.1 Å². The second-order valence-electron chi connectivity index (χ2n) is 2.98. The summed E-state index contributed by atoms with van der Waals surface area (Å²) in [5.41, 5.74) is 0. The van der Waals surface area contributed by atoms with Gasteiger partial charge in [-0.1, -0.05) is 19.3 Å². The van der Waals surface area contributed by atoms with E-state index < -0.39 is 0 Å². The third-order valence-corrected chi connectivity index (χ3v) is 1.83. The molecular formula is C10H14N2-2. The number of nitriles is 1. The minimum absolute atomic E-state index is 0.0265. The van der Waals surface area contributed by atoms with Gasteiger partial charge in [-0.2, -0.15) is 6.42 Å². The van der Waals surface area contributed by atoms with Crippen molar-refractivity contribution >= 4 is 0 Å². The Balaban J connectivity index is 3.70. The average molecular weight is 162 g/mol. The zero-order valence-corrected chi connectivity index (χ0v) is 7.45. The molecule has 0 aliphatic heterocycles. The summed E-state index contributed by atoms with van der Waals surface area (Å²) in [4.78, 5) is 3.45. The van der Waals surface area contributed by atoms with Crippen LogP contribution < -0.4 is 0 Å². The first-order valence-electron chi connectivity index (χ1n) is 4.11. The van der Waals surface area contributed by atoms with Gasteiger partial charge in [-0.15, -0.1) is 6.07 Å². The van der Waals surface area contributed by atoms with Gasteiger partial charge in [-0.3, -0.25) is 6.42 Å². The highest BCUT2D eigenvalue weighted by Crippen LogP contribution is 2.15. The molecule has 2 nitrogen and oxygen atoms in total. The molecule has 0 rings (SSSR count). The molecule has 0 aliphatic carbocycles. The highest BCUT2D eigenvalue weighted by atomic mass is 14.7. The highest BCUT2D eigenvalue weighted by Gasteiger charge is 2.09. The standard InChI is InChI=1S/C10H14N2/c1-4-9(2)8-10(12-3)6-5-7-11/h5,9-10H,1,4,6,8H2,2H3/q-2/t9?,10-/m0/s1. The quantitative estimate of drug-likeness (QED) is 0.571. The Morgan fingerprint density at radius 3 is 2.83 bits per heavy atom. The van der Waals surface area contributed by atoms with Crippen LogP contribution in [0.4, 0.5) is 0 Å². The monoisotopic (exact) mass is 162 g/mol. The van der Waals surface area contributed by atoms with Crippen LogP contribution in [0, 0.1) is 37.2 Å². The van der Waals surface area contributed by atoms with Gasteiger partial charge >= 0.3 is 0 Å². The minimum atomic E-state index is -0.0265. The van der Waals surface area contributed by atoms with Crippen molar-refractivity contribution in [2.24, 2.45) is 5.92 Å². The fourth-order valence-electron chi connectivity index (χ4n) is 0.973. The third kappa shape index (κ3) is 4.63. The van der Waals surface area contributed by atoms with Crippen molar-refractivity contribution in [1.29, 1.82) is 5.26 Å². The maximum Gasteiger partial charge on any atom is 0.200 e. The zero-order chi connectivity index (χ0) is 9.40. The molecule has 0 fully saturated rings. The third-order valence-electron chi connectivity index (χ3n) is 1.83. The Morgan fingerprint density at radius 1 is 1.75 bits per heavy atom. The van der Waals surface area contributed by atoms with Crippen LogP contribution in [0.5, 0.6) is 0 Å². The van der Waals surface area contributed by atoms with E-state index in [-0.39, 0.29) is 6.04 Å². The van der Waals surface area contributed by atoms with Crippen LogP contribution >= 0.6 is 0 Å². The fraction of sp³-hybridized carbons (Fsp3) is 0.600. The number of rotatable bonds is 5. The average Bonchev–Trinajstić information content (AvgIpc) is 2.11. The molecule has 0 saturated carbocycles. The van der Waals surface area contributed by atoms with E-state index in [2.05, 4.69) is 18.7 Å². The van der Waals surface area contributed by atoms with E-state index in [1.54, 1.807) is 0 Å². The van der Waals surface area contributed by atoms with Crippen molar-refractivity contribution in [3.05, 3.63) is 24.8 Å². The Labute approximate surface area is 75.0 Å². The lowest BCUT2D eigenvalue weighted by Gasteiger charge is -2.14. The van der Waals surface area contributed by atoms with Crippen LogP contribution in [0.1, 0.15) is 26.2 Å². The first-order valence-corrected chi connectivity index (χ1v) is 4.11.